The van der Waals surface area contributed by atoms with Crippen LogP contribution < -0.4 is 10.6 Å². The molecule has 2 unspecified atom stereocenters. The molecule has 1 saturated heterocycles. The summed E-state index contributed by atoms with van der Waals surface area (Å²) in [6.07, 6.45) is -3.58. The number of nitrogens with zero attached hydrogens (tertiary/aromatic N) is 2. The molecule has 6 nitrogen and oxygen atoms in total. The van der Waals surface area contributed by atoms with Crippen LogP contribution in [0.2, 0.25) is 0 Å². The normalized spacial score (nSPS) is 20.6. The van der Waals surface area contributed by atoms with Crippen molar-refractivity contribution < 1.29 is 22.7 Å². The van der Waals surface area contributed by atoms with Gasteiger partial charge in [-0.2, -0.15) is 13.2 Å². The molecule has 0 amide bonds. The Hall–Kier alpha value is -1.01. The summed E-state index contributed by atoms with van der Waals surface area (Å²) in [6.45, 7) is 7.68. The average molecular weight is 518 g/mol. The van der Waals surface area contributed by atoms with Crippen LogP contribution in [0.3, 0.4) is 0 Å². The van der Waals surface area contributed by atoms with Gasteiger partial charge in [0.25, 0.3) is 0 Å². The Morgan fingerprint density at radius 3 is 2.61 bits per heavy atom. The number of aliphatic hydroxyl groups is 1. The van der Waals surface area contributed by atoms with Crippen molar-refractivity contribution in [2.45, 2.75) is 51.9 Å². The molecule has 28 heavy (non-hydrogen) atoms. The van der Waals surface area contributed by atoms with Gasteiger partial charge in [-0.25, -0.2) is 4.99 Å². The zero-order valence-corrected chi connectivity index (χ0v) is 19.0. The lowest BCUT2D eigenvalue weighted by atomic mass is 9.96. The van der Waals surface area contributed by atoms with Crippen LogP contribution in [0, 0.1) is 13.8 Å². The average Bonchev–Trinajstić information content (AvgIpc) is 3.09. The smallest absolute Gasteiger partial charge is 0.401 e. The van der Waals surface area contributed by atoms with E-state index in [0.29, 0.717) is 49.1 Å². The van der Waals surface area contributed by atoms with Crippen molar-refractivity contribution in [3.8, 4) is 0 Å². The fourth-order valence-corrected chi connectivity index (χ4v) is 3.34. The lowest BCUT2D eigenvalue weighted by Crippen LogP contribution is -2.45. The molecule has 1 aromatic heterocycles. The van der Waals surface area contributed by atoms with Gasteiger partial charge < -0.3 is 20.2 Å². The standard InChI is InChI=1S/C18H29F3N4O2.HI/c1-5-22-16(24-14-6-7-25(9-14)11-18(19,20)21)23-10-17(4,26)15-8-12(2)27-13(15)3;/h8,14,26H,5-7,9-11H2,1-4H3,(H2,22,23,24);1H. The van der Waals surface area contributed by atoms with Crippen LogP contribution in [0.15, 0.2) is 15.5 Å². The van der Waals surface area contributed by atoms with Gasteiger partial charge in [0.15, 0.2) is 5.96 Å². The summed E-state index contributed by atoms with van der Waals surface area (Å²) < 4.78 is 43.1. The third-order valence-electron chi connectivity index (χ3n) is 4.53. The van der Waals surface area contributed by atoms with Crippen LogP contribution in [0.25, 0.3) is 0 Å². The Balaban J connectivity index is 0.00000392. The maximum absolute atomic E-state index is 12.5. The van der Waals surface area contributed by atoms with Gasteiger partial charge in [-0.3, -0.25) is 4.90 Å². The van der Waals surface area contributed by atoms with Gasteiger partial charge in [0.2, 0.25) is 0 Å². The Morgan fingerprint density at radius 1 is 1.39 bits per heavy atom. The minimum absolute atomic E-state index is 0. The maximum atomic E-state index is 12.5. The molecule has 0 aliphatic carbocycles. The van der Waals surface area contributed by atoms with Crippen molar-refractivity contribution in [1.82, 2.24) is 15.5 Å². The second-order valence-electron chi connectivity index (χ2n) is 7.28. The Labute approximate surface area is 181 Å². The zero-order chi connectivity index (χ0) is 20.2. The predicted octanol–water partition coefficient (Wildman–Crippen LogP) is 2.91. The summed E-state index contributed by atoms with van der Waals surface area (Å²) in [5.74, 6) is 1.84. The van der Waals surface area contributed by atoms with Crippen LogP contribution in [-0.4, -0.2) is 60.9 Å². The summed E-state index contributed by atoms with van der Waals surface area (Å²) in [7, 11) is 0. The lowest BCUT2D eigenvalue weighted by Gasteiger charge is -2.23. The van der Waals surface area contributed by atoms with E-state index in [1.54, 1.807) is 19.9 Å². The molecule has 2 rings (SSSR count). The van der Waals surface area contributed by atoms with Crippen molar-refractivity contribution in [3.05, 3.63) is 23.2 Å². The van der Waals surface area contributed by atoms with E-state index in [9.17, 15) is 18.3 Å². The third-order valence-corrected chi connectivity index (χ3v) is 4.53. The number of likely N-dealkylation sites (tertiary alicyclic amines) is 1. The van der Waals surface area contributed by atoms with Crippen LogP contribution >= 0.6 is 24.0 Å². The quantitative estimate of drug-likeness (QED) is 0.307. The minimum Gasteiger partial charge on any atom is -0.466 e. The molecule has 0 bridgehead atoms. The number of halogens is 4. The van der Waals surface area contributed by atoms with E-state index in [1.807, 2.05) is 13.8 Å². The highest BCUT2D eigenvalue weighted by atomic mass is 127. The van der Waals surface area contributed by atoms with Crippen molar-refractivity contribution in [2.75, 3.05) is 32.7 Å². The zero-order valence-electron chi connectivity index (χ0n) is 16.7. The summed E-state index contributed by atoms with van der Waals surface area (Å²) in [5.41, 5.74) is -0.529. The molecule has 1 aromatic rings. The molecule has 0 spiro atoms. The number of aliphatic imine (C=N–C) groups is 1. The van der Waals surface area contributed by atoms with Crippen molar-refractivity contribution in [1.29, 1.82) is 0 Å². The molecule has 0 aromatic carbocycles. The molecule has 0 saturated carbocycles. The molecule has 162 valence electrons. The molecule has 1 aliphatic rings. The van der Waals surface area contributed by atoms with Crippen LogP contribution in [0.5, 0.6) is 0 Å². The molecular weight excluding hydrogens is 488 g/mol. The second-order valence-corrected chi connectivity index (χ2v) is 7.28. The highest BCUT2D eigenvalue weighted by Crippen LogP contribution is 2.27. The van der Waals surface area contributed by atoms with E-state index in [4.69, 9.17) is 4.42 Å². The number of furan rings is 1. The highest BCUT2D eigenvalue weighted by Gasteiger charge is 2.34. The first-order valence-corrected chi connectivity index (χ1v) is 9.14. The van der Waals surface area contributed by atoms with Crippen LogP contribution in [0.1, 0.15) is 37.4 Å². The van der Waals surface area contributed by atoms with Crippen LogP contribution in [0.4, 0.5) is 13.2 Å². The molecular formula is C18H30F3IN4O2. The lowest BCUT2D eigenvalue weighted by molar-refractivity contribution is -0.143. The fraction of sp³-hybridized carbons (Fsp3) is 0.722. The van der Waals surface area contributed by atoms with E-state index in [2.05, 4.69) is 15.6 Å². The van der Waals surface area contributed by atoms with Crippen molar-refractivity contribution in [3.63, 3.8) is 0 Å². The number of rotatable bonds is 6. The van der Waals surface area contributed by atoms with Crippen molar-refractivity contribution in [2.24, 2.45) is 4.99 Å². The van der Waals surface area contributed by atoms with Gasteiger partial charge in [0.05, 0.1) is 13.1 Å². The largest absolute Gasteiger partial charge is 0.466 e. The predicted molar refractivity (Wildman–Crippen MR) is 113 cm³/mol. The van der Waals surface area contributed by atoms with Gasteiger partial charge in [-0.1, -0.05) is 0 Å². The molecule has 2 heterocycles. The van der Waals surface area contributed by atoms with Gasteiger partial charge in [0.1, 0.15) is 17.1 Å². The Morgan fingerprint density at radius 2 is 2.07 bits per heavy atom. The van der Waals surface area contributed by atoms with Gasteiger partial charge in [-0.15, -0.1) is 24.0 Å². The third kappa shape index (κ3) is 7.43. The molecule has 10 heteroatoms. The fourth-order valence-electron chi connectivity index (χ4n) is 3.34. The molecule has 3 N–H and O–H groups in total. The number of guanidine groups is 1. The first-order valence-electron chi connectivity index (χ1n) is 9.14. The molecule has 2 atom stereocenters. The van der Waals surface area contributed by atoms with E-state index >= 15 is 0 Å². The second kappa shape index (κ2) is 10.1. The molecule has 1 aliphatic heterocycles. The number of alkyl halides is 3. The monoisotopic (exact) mass is 518 g/mol. The van der Waals surface area contributed by atoms with Gasteiger partial charge >= 0.3 is 6.18 Å². The van der Waals surface area contributed by atoms with Crippen molar-refractivity contribution >= 4 is 29.9 Å². The Bertz CT molecular complexity index is 662. The Kier molecular flexibility index (Phi) is 9.07. The SMILES string of the molecule is CCNC(=NCC(C)(O)c1cc(C)oc1C)NC1CCN(CC(F)(F)F)C1.I. The first kappa shape index (κ1) is 25.0. The maximum Gasteiger partial charge on any atom is 0.401 e. The molecule has 1 fully saturated rings. The van der Waals surface area contributed by atoms with E-state index in [1.165, 1.54) is 4.90 Å². The summed E-state index contributed by atoms with van der Waals surface area (Å²) in [6, 6.07) is 1.67. The van der Waals surface area contributed by atoms with Crippen LogP contribution in [-0.2, 0) is 5.60 Å². The number of hydrogen-bond donors (Lipinski definition) is 3. The minimum atomic E-state index is -4.19. The summed E-state index contributed by atoms with van der Waals surface area (Å²) >= 11 is 0. The summed E-state index contributed by atoms with van der Waals surface area (Å²) in [4.78, 5) is 5.82. The number of hydrogen-bond acceptors (Lipinski definition) is 4. The van der Waals surface area contributed by atoms with Gasteiger partial charge in [0, 0.05) is 31.2 Å². The topological polar surface area (TPSA) is 73.0 Å². The van der Waals surface area contributed by atoms with E-state index < -0.39 is 18.3 Å². The first-order chi connectivity index (χ1) is 12.5. The number of aryl methyl sites for hydroxylation is 2. The highest BCUT2D eigenvalue weighted by molar-refractivity contribution is 14.0. The van der Waals surface area contributed by atoms with E-state index in [-0.39, 0.29) is 36.6 Å². The van der Waals surface area contributed by atoms with Gasteiger partial charge in [-0.05, 0) is 40.2 Å². The van der Waals surface area contributed by atoms with E-state index in [0.717, 1.165) is 0 Å². The number of nitrogens with one attached hydrogen (secondary N) is 2. The summed E-state index contributed by atoms with van der Waals surface area (Å²) in [5, 5.41) is 17.0. The molecule has 0 radical (unpaired) electrons.